The highest BCUT2D eigenvalue weighted by molar-refractivity contribution is 7.17. The predicted molar refractivity (Wildman–Crippen MR) is 103 cm³/mol. The lowest BCUT2D eigenvalue weighted by Gasteiger charge is -2.36. The highest BCUT2D eigenvalue weighted by atomic mass is 35.5. The Bertz CT molecular complexity index is 723. The second kappa shape index (κ2) is 8.46. The summed E-state index contributed by atoms with van der Waals surface area (Å²) in [6.07, 6.45) is 1.71. The van der Waals surface area contributed by atoms with E-state index in [-0.39, 0.29) is 36.8 Å². The summed E-state index contributed by atoms with van der Waals surface area (Å²) in [6, 6.07) is 1.77. The number of piperazine rings is 1. The van der Waals surface area contributed by atoms with Crippen molar-refractivity contribution in [2.75, 3.05) is 37.6 Å². The Hall–Kier alpha value is -1.19. The van der Waals surface area contributed by atoms with E-state index < -0.39 is 6.10 Å². The van der Waals surface area contributed by atoms with Crippen LogP contribution in [0.1, 0.15) is 6.42 Å². The van der Waals surface area contributed by atoms with Crippen molar-refractivity contribution in [1.29, 1.82) is 0 Å². The standard InChI is InChI=1S/C15H19N5O2S.2ClH/c21-10-7-12(16-8-10)15(22)20-4-2-19(3-5-20)14-13-11(1-6-23-13)17-9-18-14;;/h1,6,9-10,12,16,21H,2-5,7-8H2;2*1H. The quantitative estimate of drug-likeness (QED) is 0.772. The number of carbonyl (C=O) groups excluding carboxylic acids is 1. The summed E-state index contributed by atoms with van der Waals surface area (Å²) in [4.78, 5) is 25.3. The number of anilines is 1. The van der Waals surface area contributed by atoms with Gasteiger partial charge in [0.2, 0.25) is 5.91 Å². The molecule has 2 aromatic rings. The van der Waals surface area contributed by atoms with E-state index in [1.807, 2.05) is 16.3 Å². The highest BCUT2D eigenvalue weighted by Crippen LogP contribution is 2.28. The Morgan fingerprint density at radius 1 is 1.24 bits per heavy atom. The van der Waals surface area contributed by atoms with Gasteiger partial charge in [0.25, 0.3) is 0 Å². The van der Waals surface area contributed by atoms with Crippen LogP contribution in [0.4, 0.5) is 5.82 Å². The van der Waals surface area contributed by atoms with Crippen molar-refractivity contribution in [3.63, 3.8) is 0 Å². The number of halogens is 2. The molecule has 2 aromatic heterocycles. The average Bonchev–Trinajstić information content (AvgIpc) is 3.22. The van der Waals surface area contributed by atoms with Crippen LogP contribution < -0.4 is 10.2 Å². The normalized spacial score (nSPS) is 23.2. The van der Waals surface area contributed by atoms with E-state index in [4.69, 9.17) is 0 Å². The van der Waals surface area contributed by atoms with Crippen LogP contribution in [-0.2, 0) is 4.79 Å². The van der Waals surface area contributed by atoms with Crippen LogP contribution in [0.25, 0.3) is 10.2 Å². The van der Waals surface area contributed by atoms with Crippen LogP contribution in [0.2, 0.25) is 0 Å². The van der Waals surface area contributed by atoms with E-state index >= 15 is 0 Å². The number of fused-ring (bicyclic) bond motifs is 1. The fourth-order valence-corrected chi connectivity index (χ4v) is 4.13. The number of thiophene rings is 1. The van der Waals surface area contributed by atoms with Crippen LogP contribution in [-0.4, -0.2) is 70.8 Å². The first kappa shape index (κ1) is 20.1. The molecule has 0 radical (unpaired) electrons. The molecule has 7 nitrogen and oxygen atoms in total. The van der Waals surface area contributed by atoms with E-state index in [2.05, 4.69) is 20.2 Å². The lowest BCUT2D eigenvalue weighted by molar-refractivity contribution is -0.133. The number of β-amino-alcohol motifs (C(OH)–C–C–N with tert-alkyl or cyclic N) is 1. The van der Waals surface area contributed by atoms with Gasteiger partial charge in [0.15, 0.2) is 0 Å². The van der Waals surface area contributed by atoms with Gasteiger partial charge in [-0.15, -0.1) is 36.2 Å². The van der Waals surface area contributed by atoms with E-state index in [0.29, 0.717) is 26.1 Å². The van der Waals surface area contributed by atoms with Gasteiger partial charge < -0.3 is 20.2 Å². The third-order valence-corrected chi connectivity index (χ3v) is 5.42. The number of amides is 1. The number of nitrogens with zero attached hydrogens (tertiary/aromatic N) is 4. The zero-order valence-corrected chi connectivity index (χ0v) is 15.9. The smallest absolute Gasteiger partial charge is 0.239 e. The molecular weight excluding hydrogens is 385 g/mol. The molecule has 2 saturated heterocycles. The van der Waals surface area contributed by atoms with Crippen LogP contribution >= 0.6 is 36.2 Å². The number of aliphatic hydroxyl groups excluding tert-OH is 1. The number of rotatable bonds is 2. The third-order valence-electron chi connectivity index (χ3n) is 4.52. The monoisotopic (exact) mass is 405 g/mol. The fourth-order valence-electron chi connectivity index (χ4n) is 3.27. The Labute approximate surface area is 162 Å². The molecule has 2 fully saturated rings. The summed E-state index contributed by atoms with van der Waals surface area (Å²) in [5, 5.41) is 14.7. The van der Waals surface area contributed by atoms with E-state index in [1.54, 1.807) is 17.7 Å². The van der Waals surface area contributed by atoms with Gasteiger partial charge in [0, 0.05) is 32.7 Å². The molecule has 0 saturated carbocycles. The molecule has 0 bridgehead atoms. The molecular formula is C15H21Cl2N5O2S. The molecule has 2 unspecified atom stereocenters. The third kappa shape index (κ3) is 3.98. The van der Waals surface area contributed by atoms with Crippen molar-refractivity contribution in [3.05, 3.63) is 17.8 Å². The topological polar surface area (TPSA) is 81.6 Å². The van der Waals surface area contributed by atoms with Gasteiger partial charge in [-0.25, -0.2) is 9.97 Å². The largest absolute Gasteiger partial charge is 0.392 e. The fraction of sp³-hybridized carbons (Fsp3) is 0.533. The molecule has 4 rings (SSSR count). The maximum Gasteiger partial charge on any atom is 0.239 e. The SMILES string of the molecule is Cl.Cl.O=C(C1CC(O)CN1)N1CCN(c2ncnc3ccsc23)CC1. The first-order chi connectivity index (χ1) is 11.2. The van der Waals surface area contributed by atoms with Gasteiger partial charge in [-0.05, 0) is 17.9 Å². The Morgan fingerprint density at radius 2 is 2.00 bits per heavy atom. The molecule has 25 heavy (non-hydrogen) atoms. The molecule has 0 aliphatic carbocycles. The lowest BCUT2D eigenvalue weighted by atomic mass is 10.1. The first-order valence-corrected chi connectivity index (χ1v) is 8.74. The van der Waals surface area contributed by atoms with Crippen molar-refractivity contribution in [1.82, 2.24) is 20.2 Å². The lowest BCUT2D eigenvalue weighted by Crippen LogP contribution is -2.53. The number of carbonyl (C=O) groups is 1. The average molecular weight is 406 g/mol. The summed E-state index contributed by atoms with van der Waals surface area (Å²) in [5.74, 6) is 1.07. The van der Waals surface area contributed by atoms with Crippen LogP contribution in [0, 0.1) is 0 Å². The van der Waals surface area contributed by atoms with Gasteiger partial charge in [-0.3, -0.25) is 4.79 Å². The van der Waals surface area contributed by atoms with Gasteiger partial charge in [0.05, 0.1) is 22.4 Å². The van der Waals surface area contributed by atoms with Gasteiger partial charge in [-0.2, -0.15) is 0 Å². The molecule has 138 valence electrons. The molecule has 2 atom stereocenters. The minimum atomic E-state index is -0.404. The van der Waals surface area contributed by atoms with E-state index in [0.717, 1.165) is 29.1 Å². The molecule has 0 spiro atoms. The summed E-state index contributed by atoms with van der Waals surface area (Å²) in [7, 11) is 0. The van der Waals surface area contributed by atoms with Crippen LogP contribution in [0.5, 0.6) is 0 Å². The van der Waals surface area contributed by atoms with Gasteiger partial charge in [0.1, 0.15) is 12.1 Å². The predicted octanol–water partition coefficient (Wildman–Crippen LogP) is 0.906. The van der Waals surface area contributed by atoms with Crippen LogP contribution in [0.15, 0.2) is 17.8 Å². The molecule has 1 amide bonds. The van der Waals surface area contributed by atoms with Crippen molar-refractivity contribution in [3.8, 4) is 0 Å². The molecule has 10 heteroatoms. The molecule has 0 aromatic carbocycles. The molecule has 2 aliphatic rings. The summed E-state index contributed by atoms with van der Waals surface area (Å²) >= 11 is 1.65. The van der Waals surface area contributed by atoms with E-state index in [9.17, 15) is 9.90 Å². The zero-order chi connectivity index (χ0) is 15.8. The van der Waals surface area contributed by atoms with Crippen molar-refractivity contribution < 1.29 is 9.90 Å². The summed E-state index contributed by atoms with van der Waals surface area (Å²) < 4.78 is 1.10. The Balaban J connectivity index is 0.00000113. The van der Waals surface area contributed by atoms with Crippen LogP contribution in [0.3, 0.4) is 0 Å². The maximum atomic E-state index is 12.5. The second-order valence-electron chi connectivity index (χ2n) is 5.99. The summed E-state index contributed by atoms with van der Waals surface area (Å²) in [5.41, 5.74) is 0.975. The number of hydrogen-bond acceptors (Lipinski definition) is 7. The van der Waals surface area contributed by atoms with Crippen molar-refractivity contribution >= 4 is 58.1 Å². The minimum absolute atomic E-state index is 0. The zero-order valence-electron chi connectivity index (χ0n) is 13.5. The highest BCUT2D eigenvalue weighted by Gasteiger charge is 2.33. The molecule has 2 aliphatic heterocycles. The van der Waals surface area contributed by atoms with Crippen molar-refractivity contribution in [2.45, 2.75) is 18.6 Å². The number of hydrogen-bond donors (Lipinski definition) is 2. The van der Waals surface area contributed by atoms with Gasteiger partial charge in [-0.1, -0.05) is 0 Å². The Morgan fingerprint density at radius 3 is 2.68 bits per heavy atom. The minimum Gasteiger partial charge on any atom is -0.392 e. The molecule has 4 heterocycles. The summed E-state index contributed by atoms with van der Waals surface area (Å²) in [6.45, 7) is 3.41. The number of aromatic nitrogens is 2. The molecule has 2 N–H and O–H groups in total. The van der Waals surface area contributed by atoms with E-state index in [1.165, 1.54) is 0 Å². The maximum absolute atomic E-state index is 12.5. The second-order valence-corrected chi connectivity index (χ2v) is 6.91. The van der Waals surface area contributed by atoms with Crippen molar-refractivity contribution in [2.24, 2.45) is 0 Å². The number of aliphatic hydroxyl groups is 1. The van der Waals surface area contributed by atoms with Gasteiger partial charge >= 0.3 is 0 Å². The Kier molecular flexibility index (Phi) is 6.81. The number of nitrogens with one attached hydrogen (secondary N) is 1. The first-order valence-electron chi connectivity index (χ1n) is 7.86.